The van der Waals surface area contributed by atoms with Crippen molar-refractivity contribution in [1.82, 2.24) is 0 Å². The molecule has 15 heavy (non-hydrogen) atoms. The van der Waals surface area contributed by atoms with Crippen LogP contribution in [0.15, 0.2) is 22.7 Å². The average molecular weight is 356 g/mol. The SMILES string of the molecule is C#CC[C@H](Br)[C@H](Cl)[C@H](O)/C(Br)=C/C=C\C. The second kappa shape index (κ2) is 8.41. The van der Waals surface area contributed by atoms with E-state index in [9.17, 15) is 5.11 Å². The lowest BCUT2D eigenvalue weighted by atomic mass is 10.1. The van der Waals surface area contributed by atoms with Gasteiger partial charge in [-0.15, -0.1) is 23.9 Å². The van der Waals surface area contributed by atoms with Crippen molar-refractivity contribution < 1.29 is 5.11 Å². The Balaban J connectivity index is 4.43. The summed E-state index contributed by atoms with van der Waals surface area (Å²) in [6.07, 6.45) is 10.3. The minimum absolute atomic E-state index is 0.106. The van der Waals surface area contributed by atoms with Crippen molar-refractivity contribution in [3.8, 4) is 12.3 Å². The van der Waals surface area contributed by atoms with E-state index < -0.39 is 11.5 Å². The highest BCUT2D eigenvalue weighted by molar-refractivity contribution is 9.11. The lowest BCUT2D eigenvalue weighted by molar-refractivity contribution is 0.213. The van der Waals surface area contributed by atoms with Gasteiger partial charge in [-0.05, 0) is 13.0 Å². The van der Waals surface area contributed by atoms with Crippen LogP contribution in [-0.4, -0.2) is 21.4 Å². The average Bonchev–Trinajstić information content (AvgIpc) is 2.24. The number of hydrogen-bond acceptors (Lipinski definition) is 1. The number of alkyl halides is 2. The van der Waals surface area contributed by atoms with Gasteiger partial charge in [-0.25, -0.2) is 0 Å². The Morgan fingerprint density at radius 2 is 2.27 bits per heavy atom. The molecule has 4 heteroatoms. The van der Waals surface area contributed by atoms with Crippen LogP contribution in [0.1, 0.15) is 13.3 Å². The lowest BCUT2D eigenvalue weighted by Gasteiger charge is -2.20. The monoisotopic (exact) mass is 354 g/mol. The first-order chi connectivity index (χ1) is 7.04. The smallest absolute Gasteiger partial charge is 0.103 e. The normalized spacial score (nSPS) is 18.5. The van der Waals surface area contributed by atoms with Gasteiger partial charge in [-0.3, -0.25) is 0 Å². The molecule has 0 heterocycles. The van der Waals surface area contributed by atoms with E-state index >= 15 is 0 Å². The van der Waals surface area contributed by atoms with Gasteiger partial charge in [-0.1, -0.05) is 44.0 Å². The van der Waals surface area contributed by atoms with Crippen LogP contribution in [0.25, 0.3) is 0 Å². The predicted octanol–water partition coefficient (Wildman–Crippen LogP) is 3.60. The molecule has 0 aliphatic heterocycles. The van der Waals surface area contributed by atoms with Crippen LogP contribution in [0, 0.1) is 12.3 Å². The van der Waals surface area contributed by atoms with Crippen LogP contribution in [0.2, 0.25) is 0 Å². The van der Waals surface area contributed by atoms with Gasteiger partial charge in [0.2, 0.25) is 0 Å². The van der Waals surface area contributed by atoms with Crippen molar-refractivity contribution in [2.24, 2.45) is 0 Å². The van der Waals surface area contributed by atoms with E-state index in [0.717, 1.165) is 0 Å². The van der Waals surface area contributed by atoms with Gasteiger partial charge in [0.25, 0.3) is 0 Å². The summed E-state index contributed by atoms with van der Waals surface area (Å²) in [5.74, 6) is 2.49. The maximum atomic E-state index is 9.83. The summed E-state index contributed by atoms with van der Waals surface area (Å²) in [6.45, 7) is 1.90. The fourth-order valence-electron chi connectivity index (χ4n) is 0.862. The molecule has 0 saturated heterocycles. The van der Waals surface area contributed by atoms with Crippen molar-refractivity contribution in [2.75, 3.05) is 0 Å². The van der Waals surface area contributed by atoms with Gasteiger partial charge in [0.1, 0.15) is 6.10 Å². The molecule has 0 bridgehead atoms. The maximum absolute atomic E-state index is 9.83. The quantitative estimate of drug-likeness (QED) is 0.453. The Morgan fingerprint density at radius 3 is 2.73 bits per heavy atom. The molecule has 0 unspecified atom stereocenters. The predicted molar refractivity (Wildman–Crippen MR) is 73.6 cm³/mol. The Bertz CT molecular complexity index is 281. The first-order valence-corrected chi connectivity index (χ1v) is 6.57. The van der Waals surface area contributed by atoms with Crippen LogP contribution in [-0.2, 0) is 0 Å². The third-order valence-electron chi connectivity index (χ3n) is 1.69. The fraction of sp³-hybridized carbons (Fsp3) is 0.455. The molecule has 0 aromatic heterocycles. The highest BCUT2D eigenvalue weighted by Crippen LogP contribution is 2.25. The van der Waals surface area contributed by atoms with Crippen LogP contribution < -0.4 is 0 Å². The topological polar surface area (TPSA) is 20.2 Å². The third kappa shape index (κ3) is 5.77. The summed E-state index contributed by atoms with van der Waals surface area (Å²) in [6, 6.07) is 0. The van der Waals surface area contributed by atoms with Crippen molar-refractivity contribution in [3.63, 3.8) is 0 Å². The molecule has 3 atom stereocenters. The zero-order chi connectivity index (χ0) is 11.8. The van der Waals surface area contributed by atoms with Crippen molar-refractivity contribution in [1.29, 1.82) is 0 Å². The van der Waals surface area contributed by atoms with Crippen LogP contribution in [0.5, 0.6) is 0 Å². The largest absolute Gasteiger partial charge is 0.386 e. The molecule has 0 fully saturated rings. The van der Waals surface area contributed by atoms with Crippen molar-refractivity contribution in [3.05, 3.63) is 22.7 Å². The minimum atomic E-state index is -0.763. The molecule has 0 aliphatic rings. The number of allylic oxidation sites excluding steroid dienone is 3. The van der Waals surface area contributed by atoms with E-state index in [1.807, 2.05) is 19.1 Å². The Kier molecular flexibility index (Phi) is 8.55. The van der Waals surface area contributed by atoms with E-state index in [0.29, 0.717) is 10.9 Å². The highest BCUT2D eigenvalue weighted by atomic mass is 79.9. The van der Waals surface area contributed by atoms with E-state index in [4.69, 9.17) is 18.0 Å². The number of aliphatic hydroxyl groups is 1. The molecule has 0 aliphatic carbocycles. The van der Waals surface area contributed by atoms with E-state index in [1.165, 1.54) is 0 Å². The first-order valence-electron chi connectivity index (χ1n) is 4.42. The number of rotatable bonds is 5. The van der Waals surface area contributed by atoms with Crippen LogP contribution in [0.3, 0.4) is 0 Å². The van der Waals surface area contributed by atoms with Crippen LogP contribution >= 0.6 is 43.5 Å². The van der Waals surface area contributed by atoms with Gasteiger partial charge >= 0.3 is 0 Å². The zero-order valence-electron chi connectivity index (χ0n) is 8.33. The molecular weight excluding hydrogens is 343 g/mol. The van der Waals surface area contributed by atoms with Gasteiger partial charge in [-0.2, -0.15) is 0 Å². The zero-order valence-corrected chi connectivity index (χ0v) is 12.3. The maximum Gasteiger partial charge on any atom is 0.103 e. The number of aliphatic hydroxyl groups excluding tert-OH is 1. The summed E-state index contributed by atoms with van der Waals surface area (Å²) >= 11 is 12.7. The second-order valence-corrected chi connectivity index (χ2v) is 5.49. The summed E-state index contributed by atoms with van der Waals surface area (Å²) in [7, 11) is 0. The molecular formula is C11H13Br2ClO. The van der Waals surface area contributed by atoms with Crippen molar-refractivity contribution >= 4 is 43.5 Å². The Morgan fingerprint density at radius 1 is 1.67 bits per heavy atom. The van der Waals surface area contributed by atoms with E-state index in [1.54, 1.807) is 6.08 Å². The molecule has 1 nitrogen and oxygen atoms in total. The molecule has 0 rings (SSSR count). The number of hydrogen-bond donors (Lipinski definition) is 1. The van der Waals surface area contributed by atoms with Gasteiger partial charge < -0.3 is 5.11 Å². The minimum Gasteiger partial charge on any atom is -0.386 e. The molecule has 0 aromatic rings. The third-order valence-corrected chi connectivity index (χ3v) is 4.16. The lowest BCUT2D eigenvalue weighted by Crippen LogP contribution is -2.29. The number of terminal acetylenes is 1. The summed E-state index contributed by atoms with van der Waals surface area (Å²) in [4.78, 5) is -0.106. The molecule has 1 N–H and O–H groups in total. The van der Waals surface area contributed by atoms with Gasteiger partial charge in [0, 0.05) is 15.7 Å². The molecule has 0 amide bonds. The molecule has 84 valence electrons. The standard InChI is InChI=1S/C11H13Br2ClO/c1-3-5-7-9(13)11(15)10(14)8(12)6-4-2/h2-3,5,7-8,10-11,15H,6H2,1H3/b5-3-,9-7-/t8-,10-,11+/m0/s1. The van der Waals surface area contributed by atoms with Gasteiger partial charge in [0.05, 0.1) is 5.38 Å². The summed E-state index contributed by atoms with van der Waals surface area (Å²) in [5, 5.41) is 9.37. The molecule has 0 aromatic carbocycles. The second-order valence-electron chi connectivity index (χ2n) is 2.89. The summed E-state index contributed by atoms with van der Waals surface area (Å²) < 4.78 is 0.641. The highest BCUT2D eigenvalue weighted by Gasteiger charge is 2.25. The van der Waals surface area contributed by atoms with E-state index in [-0.39, 0.29) is 4.83 Å². The molecule has 0 spiro atoms. The fourth-order valence-corrected chi connectivity index (χ4v) is 2.15. The summed E-state index contributed by atoms with van der Waals surface area (Å²) in [5.41, 5.74) is 0. The first kappa shape index (κ1) is 15.2. The van der Waals surface area contributed by atoms with Crippen molar-refractivity contribution in [2.45, 2.75) is 29.7 Å². The molecule has 0 saturated carbocycles. The van der Waals surface area contributed by atoms with Crippen LogP contribution in [0.4, 0.5) is 0 Å². The number of halogens is 3. The molecule has 0 radical (unpaired) electrons. The Hall–Kier alpha value is 0.250. The van der Waals surface area contributed by atoms with Gasteiger partial charge in [0.15, 0.2) is 0 Å². The Labute approximate surface area is 113 Å². The van der Waals surface area contributed by atoms with E-state index in [2.05, 4.69) is 37.8 Å².